The number of amides is 1. The molecule has 1 aromatic carbocycles. The van der Waals surface area contributed by atoms with Crippen molar-refractivity contribution in [3.05, 3.63) is 65.5 Å². The summed E-state index contributed by atoms with van der Waals surface area (Å²) in [5.41, 5.74) is 2.09. The van der Waals surface area contributed by atoms with Crippen molar-refractivity contribution >= 4 is 15.7 Å². The summed E-state index contributed by atoms with van der Waals surface area (Å²) < 4.78 is 23.7. The van der Waals surface area contributed by atoms with Gasteiger partial charge in [0.1, 0.15) is 5.69 Å². The fourth-order valence-corrected chi connectivity index (χ4v) is 4.71. The highest BCUT2D eigenvalue weighted by Gasteiger charge is 2.35. The molecule has 0 radical (unpaired) electrons. The predicted octanol–water partition coefficient (Wildman–Crippen LogP) is 2.22. The maximum Gasteiger partial charge on any atom is 0.273 e. The molecule has 1 aliphatic heterocycles. The van der Waals surface area contributed by atoms with Gasteiger partial charge < -0.3 is 4.90 Å². The average Bonchev–Trinajstić information content (AvgIpc) is 2.93. The largest absolute Gasteiger partial charge is 0.329 e. The molecule has 3 rings (SSSR count). The van der Waals surface area contributed by atoms with Crippen molar-refractivity contribution < 1.29 is 13.2 Å². The summed E-state index contributed by atoms with van der Waals surface area (Å²) >= 11 is 0. The molecule has 2 heterocycles. The van der Waals surface area contributed by atoms with Crippen LogP contribution in [0.3, 0.4) is 0 Å². The SMILES string of the molecule is Cc1cccc(C(=O)N(Cc2ccccc2)[C@@H]2CCS(=O)(=O)C2)n1. The molecule has 0 aliphatic carbocycles. The smallest absolute Gasteiger partial charge is 0.273 e. The van der Waals surface area contributed by atoms with Crippen molar-refractivity contribution in [2.75, 3.05) is 11.5 Å². The molecule has 0 N–H and O–H groups in total. The van der Waals surface area contributed by atoms with Gasteiger partial charge in [0.05, 0.1) is 11.5 Å². The van der Waals surface area contributed by atoms with Gasteiger partial charge in [-0.3, -0.25) is 4.79 Å². The zero-order chi connectivity index (χ0) is 17.2. The molecular weight excluding hydrogens is 324 g/mol. The third kappa shape index (κ3) is 3.82. The molecular formula is C18H20N2O3S. The summed E-state index contributed by atoms with van der Waals surface area (Å²) in [5, 5.41) is 0. The van der Waals surface area contributed by atoms with Gasteiger partial charge in [0, 0.05) is 18.3 Å². The van der Waals surface area contributed by atoms with Gasteiger partial charge in [0.2, 0.25) is 0 Å². The summed E-state index contributed by atoms with van der Waals surface area (Å²) in [6.45, 7) is 2.22. The monoisotopic (exact) mass is 344 g/mol. The number of hydrogen-bond donors (Lipinski definition) is 0. The minimum Gasteiger partial charge on any atom is -0.329 e. The van der Waals surface area contributed by atoms with Gasteiger partial charge in [-0.25, -0.2) is 13.4 Å². The third-order valence-corrected chi connectivity index (χ3v) is 5.96. The van der Waals surface area contributed by atoms with Crippen molar-refractivity contribution in [1.82, 2.24) is 9.88 Å². The van der Waals surface area contributed by atoms with Gasteiger partial charge >= 0.3 is 0 Å². The van der Waals surface area contributed by atoms with Crippen LogP contribution >= 0.6 is 0 Å². The van der Waals surface area contributed by atoms with Crippen LogP contribution in [-0.2, 0) is 16.4 Å². The molecule has 5 nitrogen and oxygen atoms in total. The van der Waals surface area contributed by atoms with E-state index in [0.29, 0.717) is 18.7 Å². The standard InChI is InChI=1S/C18H20N2O3S/c1-14-6-5-9-17(19-14)18(21)20(12-15-7-3-2-4-8-15)16-10-11-24(22,23)13-16/h2-9,16H,10-13H2,1H3/t16-/m1/s1. The van der Waals surface area contributed by atoms with Crippen LogP contribution in [0.1, 0.15) is 28.2 Å². The quantitative estimate of drug-likeness (QED) is 0.853. The van der Waals surface area contributed by atoms with Crippen LogP contribution in [0.4, 0.5) is 0 Å². The minimum absolute atomic E-state index is 0.0252. The van der Waals surface area contributed by atoms with Crippen LogP contribution in [0.5, 0.6) is 0 Å². The number of sulfone groups is 1. The topological polar surface area (TPSA) is 67.3 Å². The average molecular weight is 344 g/mol. The Balaban J connectivity index is 1.91. The molecule has 1 amide bonds. The zero-order valence-electron chi connectivity index (χ0n) is 13.6. The number of aromatic nitrogens is 1. The van der Waals surface area contributed by atoms with Crippen molar-refractivity contribution in [2.24, 2.45) is 0 Å². The molecule has 0 unspecified atom stereocenters. The number of pyridine rings is 1. The first-order valence-electron chi connectivity index (χ1n) is 7.93. The first kappa shape index (κ1) is 16.6. The third-order valence-electron chi connectivity index (χ3n) is 4.21. The molecule has 24 heavy (non-hydrogen) atoms. The number of hydrogen-bond acceptors (Lipinski definition) is 4. The van der Waals surface area contributed by atoms with Crippen molar-refractivity contribution in [3.8, 4) is 0 Å². The van der Waals surface area contributed by atoms with E-state index in [0.717, 1.165) is 11.3 Å². The molecule has 1 aromatic heterocycles. The lowest BCUT2D eigenvalue weighted by atomic mass is 10.1. The Kier molecular flexibility index (Phi) is 4.66. The summed E-state index contributed by atoms with van der Waals surface area (Å²) in [4.78, 5) is 18.9. The van der Waals surface area contributed by atoms with Crippen LogP contribution < -0.4 is 0 Å². The fraction of sp³-hybridized carbons (Fsp3) is 0.333. The molecule has 2 aromatic rings. The Hall–Kier alpha value is -2.21. The Morgan fingerprint density at radius 1 is 1.17 bits per heavy atom. The second-order valence-corrected chi connectivity index (χ2v) is 8.37. The van der Waals surface area contributed by atoms with Gasteiger partial charge in [-0.05, 0) is 31.0 Å². The molecule has 1 aliphatic rings. The Bertz CT molecular complexity index is 834. The lowest BCUT2D eigenvalue weighted by Gasteiger charge is -2.28. The van der Waals surface area contributed by atoms with Gasteiger partial charge in [-0.1, -0.05) is 36.4 Å². The van der Waals surface area contributed by atoms with Crippen LogP contribution in [-0.4, -0.2) is 41.8 Å². The van der Waals surface area contributed by atoms with E-state index in [9.17, 15) is 13.2 Å². The van der Waals surface area contributed by atoms with E-state index in [2.05, 4.69) is 4.98 Å². The summed E-state index contributed by atoms with van der Waals surface area (Å²) in [7, 11) is -3.07. The first-order valence-corrected chi connectivity index (χ1v) is 9.76. The van der Waals surface area contributed by atoms with E-state index >= 15 is 0 Å². The van der Waals surface area contributed by atoms with Crippen LogP contribution in [0.25, 0.3) is 0 Å². The maximum absolute atomic E-state index is 13.0. The Labute approximate surface area is 142 Å². The normalized spacial score (nSPS) is 19.1. The second-order valence-electron chi connectivity index (χ2n) is 6.14. The summed E-state index contributed by atoms with van der Waals surface area (Å²) in [6.07, 6.45) is 0.479. The highest BCUT2D eigenvalue weighted by atomic mass is 32.2. The van der Waals surface area contributed by atoms with Crippen LogP contribution in [0.15, 0.2) is 48.5 Å². The fourth-order valence-electron chi connectivity index (χ4n) is 2.98. The van der Waals surface area contributed by atoms with Crippen LogP contribution in [0, 0.1) is 6.92 Å². The molecule has 6 heteroatoms. The van der Waals surface area contributed by atoms with Crippen molar-refractivity contribution in [1.29, 1.82) is 0 Å². The van der Waals surface area contributed by atoms with E-state index in [4.69, 9.17) is 0 Å². The zero-order valence-corrected chi connectivity index (χ0v) is 14.4. The lowest BCUT2D eigenvalue weighted by molar-refractivity contribution is 0.0674. The van der Waals surface area contributed by atoms with Crippen LogP contribution in [0.2, 0.25) is 0 Å². The molecule has 1 fully saturated rings. The molecule has 1 saturated heterocycles. The summed E-state index contributed by atoms with van der Waals surface area (Å²) in [5.74, 6) is -0.0563. The maximum atomic E-state index is 13.0. The predicted molar refractivity (Wildman–Crippen MR) is 92.3 cm³/mol. The number of nitrogens with zero attached hydrogens (tertiary/aromatic N) is 2. The highest BCUT2D eigenvalue weighted by Crippen LogP contribution is 2.22. The molecule has 0 bridgehead atoms. The molecule has 1 atom stereocenters. The molecule has 126 valence electrons. The van der Waals surface area contributed by atoms with E-state index in [1.165, 1.54) is 0 Å². The Morgan fingerprint density at radius 3 is 2.54 bits per heavy atom. The van der Waals surface area contributed by atoms with Gasteiger partial charge in [-0.2, -0.15) is 0 Å². The number of rotatable bonds is 4. The van der Waals surface area contributed by atoms with Crippen molar-refractivity contribution in [3.63, 3.8) is 0 Å². The summed E-state index contributed by atoms with van der Waals surface area (Å²) in [6, 6.07) is 14.6. The number of benzene rings is 1. The Morgan fingerprint density at radius 2 is 1.92 bits per heavy atom. The van der Waals surface area contributed by atoms with Gasteiger partial charge in [0.15, 0.2) is 9.84 Å². The van der Waals surface area contributed by atoms with E-state index < -0.39 is 9.84 Å². The molecule has 0 spiro atoms. The van der Waals surface area contributed by atoms with E-state index in [1.54, 1.807) is 17.0 Å². The number of carbonyl (C=O) groups excluding carboxylic acids is 1. The first-order chi connectivity index (χ1) is 11.4. The molecule has 0 saturated carbocycles. The lowest BCUT2D eigenvalue weighted by Crippen LogP contribution is -2.41. The van der Waals surface area contributed by atoms with Gasteiger partial charge in [0.25, 0.3) is 5.91 Å². The van der Waals surface area contributed by atoms with E-state index in [-0.39, 0.29) is 23.5 Å². The van der Waals surface area contributed by atoms with Crippen molar-refractivity contribution in [2.45, 2.75) is 25.9 Å². The number of aryl methyl sites for hydroxylation is 1. The van der Waals surface area contributed by atoms with Gasteiger partial charge in [-0.15, -0.1) is 0 Å². The minimum atomic E-state index is -3.07. The highest BCUT2D eigenvalue weighted by molar-refractivity contribution is 7.91. The number of carbonyl (C=O) groups is 1. The second kappa shape index (κ2) is 6.73. The van der Waals surface area contributed by atoms with E-state index in [1.807, 2.05) is 43.3 Å².